The van der Waals surface area contributed by atoms with Gasteiger partial charge < -0.3 is 45.1 Å². The Morgan fingerprint density at radius 2 is 0.880 bits per heavy atom. The molecule has 0 aliphatic carbocycles. The van der Waals surface area contributed by atoms with Crippen molar-refractivity contribution in [2.75, 3.05) is 19.8 Å². The van der Waals surface area contributed by atoms with Crippen LogP contribution < -0.4 is 5.32 Å². The van der Waals surface area contributed by atoms with E-state index >= 15 is 0 Å². The van der Waals surface area contributed by atoms with Gasteiger partial charge in [0.25, 0.3) is 0 Å². The lowest BCUT2D eigenvalue weighted by Crippen LogP contribution is -2.60. The van der Waals surface area contributed by atoms with Crippen LogP contribution in [0.1, 0.15) is 284 Å². The summed E-state index contributed by atoms with van der Waals surface area (Å²) in [5.74, 6) is -0.203. The highest BCUT2D eigenvalue weighted by Gasteiger charge is 2.44. The van der Waals surface area contributed by atoms with Gasteiger partial charge in [-0.1, -0.05) is 229 Å². The first kappa shape index (κ1) is 70.6. The molecule has 0 saturated carbocycles. The number of allylic oxidation sites excluding steroid dienone is 7. The summed E-state index contributed by atoms with van der Waals surface area (Å²) in [4.78, 5) is 25.0. The number of esters is 1. The number of rotatable bonds is 54. The molecule has 7 unspecified atom stereocenters. The van der Waals surface area contributed by atoms with Crippen molar-refractivity contribution in [2.45, 2.75) is 326 Å². The first-order valence-corrected chi connectivity index (χ1v) is 31.4. The van der Waals surface area contributed by atoms with Gasteiger partial charge in [-0.25, -0.2) is 0 Å². The lowest BCUT2D eigenvalue weighted by molar-refractivity contribution is -0.302. The fourth-order valence-corrected chi connectivity index (χ4v) is 9.60. The quantitative estimate of drug-likeness (QED) is 0.0195. The maximum atomic E-state index is 13.0. The highest BCUT2D eigenvalue weighted by molar-refractivity contribution is 5.76. The van der Waals surface area contributed by atoms with Crippen molar-refractivity contribution in [1.29, 1.82) is 0 Å². The summed E-state index contributed by atoms with van der Waals surface area (Å²) in [6, 6.07) is -0.828. The molecule has 1 heterocycles. The fourth-order valence-electron chi connectivity index (χ4n) is 9.60. The van der Waals surface area contributed by atoms with E-state index in [0.29, 0.717) is 19.4 Å². The molecule has 1 aliphatic heterocycles. The molecule has 1 aliphatic rings. The van der Waals surface area contributed by atoms with Crippen LogP contribution in [-0.4, -0.2) is 100 Å². The van der Waals surface area contributed by atoms with Crippen LogP contribution in [0.5, 0.6) is 0 Å². The van der Waals surface area contributed by atoms with E-state index < -0.39 is 49.5 Å². The molecule has 6 N–H and O–H groups in total. The summed E-state index contributed by atoms with van der Waals surface area (Å²) in [6.07, 6.45) is 58.0. The van der Waals surface area contributed by atoms with Crippen LogP contribution in [0.3, 0.4) is 0 Å². The van der Waals surface area contributed by atoms with Gasteiger partial charge in [-0.2, -0.15) is 0 Å². The third kappa shape index (κ3) is 43.2. The number of carbonyl (C=O) groups excluding carboxylic acids is 2. The van der Waals surface area contributed by atoms with E-state index in [9.17, 15) is 35.1 Å². The average molecular weight is 1060 g/mol. The molecule has 1 fully saturated rings. The molecule has 438 valence electrons. The first-order valence-electron chi connectivity index (χ1n) is 31.4. The van der Waals surface area contributed by atoms with Crippen LogP contribution in [0, 0.1) is 0 Å². The van der Waals surface area contributed by atoms with Crippen LogP contribution in [0.2, 0.25) is 0 Å². The lowest BCUT2D eigenvalue weighted by atomic mass is 9.99. The number of aliphatic hydroxyl groups is 5. The molecule has 7 atom stereocenters. The van der Waals surface area contributed by atoms with Gasteiger partial charge in [0.1, 0.15) is 24.4 Å². The van der Waals surface area contributed by atoms with Gasteiger partial charge in [0.15, 0.2) is 6.29 Å². The van der Waals surface area contributed by atoms with Gasteiger partial charge in [-0.15, -0.1) is 0 Å². The molecular weight excluding hydrogens is 943 g/mol. The number of nitrogens with one attached hydrogen (secondary N) is 1. The zero-order valence-corrected chi connectivity index (χ0v) is 48.3. The SMILES string of the molecule is CCCC/C=C\CCCCCCCC(=O)OCCCCCCCCCCCCCC/C=C\CCCCCCCCCCCCC(=O)NC(COC1OC(CO)C(O)C(O)C1O)C(O)/C=C/CC/C=C/CCCCCC. The van der Waals surface area contributed by atoms with Crippen LogP contribution in [0.15, 0.2) is 48.6 Å². The Hall–Kier alpha value is -2.38. The predicted molar refractivity (Wildman–Crippen MR) is 310 cm³/mol. The second-order valence-corrected chi connectivity index (χ2v) is 21.7. The number of unbranched alkanes of at least 4 members (excludes halogenated alkanes) is 34. The molecule has 0 spiro atoms. The normalized spacial score (nSPS) is 19.1. The first-order chi connectivity index (χ1) is 36.7. The Morgan fingerprint density at radius 3 is 1.36 bits per heavy atom. The molecule has 1 amide bonds. The van der Waals surface area contributed by atoms with E-state index in [1.807, 2.05) is 6.08 Å². The Balaban J connectivity index is 2.00. The minimum absolute atomic E-state index is 0.00770. The van der Waals surface area contributed by atoms with Crippen molar-refractivity contribution < 1.29 is 49.3 Å². The van der Waals surface area contributed by atoms with Gasteiger partial charge in [0.05, 0.1) is 32.0 Å². The fraction of sp³-hybridized carbons (Fsp3) is 0.844. The maximum absolute atomic E-state index is 13.0. The summed E-state index contributed by atoms with van der Waals surface area (Å²) in [7, 11) is 0. The van der Waals surface area contributed by atoms with Gasteiger partial charge in [-0.3, -0.25) is 9.59 Å². The Kier molecular flexibility index (Phi) is 50.5. The largest absolute Gasteiger partial charge is 0.466 e. The number of carbonyl (C=O) groups is 2. The molecule has 11 heteroatoms. The zero-order valence-electron chi connectivity index (χ0n) is 48.3. The summed E-state index contributed by atoms with van der Waals surface area (Å²) >= 11 is 0. The van der Waals surface area contributed by atoms with Gasteiger partial charge in [-0.05, 0) is 89.9 Å². The van der Waals surface area contributed by atoms with Crippen molar-refractivity contribution in [1.82, 2.24) is 5.32 Å². The highest BCUT2D eigenvalue weighted by atomic mass is 16.7. The monoisotopic (exact) mass is 1060 g/mol. The smallest absolute Gasteiger partial charge is 0.305 e. The van der Waals surface area contributed by atoms with Crippen LogP contribution in [0.25, 0.3) is 0 Å². The van der Waals surface area contributed by atoms with Crippen molar-refractivity contribution in [2.24, 2.45) is 0 Å². The second kappa shape index (κ2) is 53.6. The van der Waals surface area contributed by atoms with Crippen LogP contribution in [-0.2, 0) is 23.8 Å². The number of hydrogen-bond acceptors (Lipinski definition) is 10. The van der Waals surface area contributed by atoms with Crippen molar-refractivity contribution in [3.63, 3.8) is 0 Å². The molecule has 0 aromatic heterocycles. The molecule has 0 radical (unpaired) electrons. The van der Waals surface area contributed by atoms with Gasteiger partial charge in [0.2, 0.25) is 5.91 Å². The zero-order chi connectivity index (χ0) is 54.5. The average Bonchev–Trinajstić information content (AvgIpc) is 3.41. The third-order valence-electron chi connectivity index (χ3n) is 14.6. The minimum atomic E-state index is -1.58. The summed E-state index contributed by atoms with van der Waals surface area (Å²) < 4.78 is 16.7. The molecular formula is C64H117NO10. The summed E-state index contributed by atoms with van der Waals surface area (Å²) in [5.41, 5.74) is 0. The second-order valence-electron chi connectivity index (χ2n) is 21.7. The van der Waals surface area contributed by atoms with E-state index in [1.54, 1.807) is 6.08 Å². The highest BCUT2D eigenvalue weighted by Crippen LogP contribution is 2.23. The Morgan fingerprint density at radius 1 is 0.480 bits per heavy atom. The van der Waals surface area contributed by atoms with Gasteiger partial charge in [0, 0.05) is 12.8 Å². The molecule has 1 rings (SSSR count). The standard InChI is InChI=1S/C64H117NO10/c1-3-5-7-9-11-13-31-36-40-44-48-52-60(69)73-53-49-45-41-37-33-30-28-26-24-22-20-18-16-15-17-19-21-23-25-27-29-32-35-39-43-47-51-59(68)65-56(55-74-64-63(72)62(71)61(70)58(54-66)75-64)57(67)50-46-42-38-34-14-12-10-8-6-4-2/h9,11,14-15,17,34,46,50,56-58,61-64,66-67,70-72H,3-8,10,12-13,16,18-33,35-45,47-49,51-55H2,1-2H3,(H,65,68)/b11-9-,17-15-,34-14+,50-46+. The van der Waals surface area contributed by atoms with Crippen molar-refractivity contribution in [3.8, 4) is 0 Å². The van der Waals surface area contributed by atoms with E-state index in [-0.39, 0.29) is 18.5 Å². The predicted octanol–water partition coefficient (Wildman–Crippen LogP) is 14.8. The molecule has 0 aromatic carbocycles. The number of ether oxygens (including phenoxy) is 3. The molecule has 75 heavy (non-hydrogen) atoms. The summed E-state index contributed by atoms with van der Waals surface area (Å²) in [5, 5.41) is 54.2. The van der Waals surface area contributed by atoms with Crippen LogP contribution >= 0.6 is 0 Å². The molecule has 0 bridgehead atoms. The van der Waals surface area contributed by atoms with Crippen molar-refractivity contribution in [3.05, 3.63) is 48.6 Å². The number of hydrogen-bond donors (Lipinski definition) is 6. The van der Waals surface area contributed by atoms with Crippen LogP contribution in [0.4, 0.5) is 0 Å². The Bertz CT molecular complexity index is 1390. The topological polar surface area (TPSA) is 175 Å². The minimum Gasteiger partial charge on any atom is -0.466 e. The van der Waals surface area contributed by atoms with E-state index in [4.69, 9.17) is 14.2 Å². The van der Waals surface area contributed by atoms with E-state index in [2.05, 4.69) is 55.6 Å². The Labute approximate surface area is 459 Å². The molecule has 0 aromatic rings. The molecule has 1 saturated heterocycles. The van der Waals surface area contributed by atoms with Crippen molar-refractivity contribution >= 4 is 11.9 Å². The molecule has 11 nitrogen and oxygen atoms in total. The maximum Gasteiger partial charge on any atom is 0.305 e. The number of amides is 1. The summed E-state index contributed by atoms with van der Waals surface area (Å²) in [6.45, 7) is 4.26. The van der Waals surface area contributed by atoms with E-state index in [0.717, 1.165) is 57.8 Å². The lowest BCUT2D eigenvalue weighted by Gasteiger charge is -2.40. The van der Waals surface area contributed by atoms with E-state index in [1.165, 1.54) is 199 Å². The third-order valence-corrected chi connectivity index (χ3v) is 14.6. The van der Waals surface area contributed by atoms with Gasteiger partial charge >= 0.3 is 5.97 Å². The number of aliphatic hydroxyl groups excluding tert-OH is 5.